The van der Waals surface area contributed by atoms with E-state index in [1.165, 1.54) is 12.8 Å². The lowest BCUT2D eigenvalue weighted by molar-refractivity contribution is 0.122. The van der Waals surface area contributed by atoms with Gasteiger partial charge in [-0.1, -0.05) is 12.1 Å². The van der Waals surface area contributed by atoms with Gasteiger partial charge in [-0.2, -0.15) is 4.31 Å². The third kappa shape index (κ3) is 2.88. The van der Waals surface area contributed by atoms with Gasteiger partial charge in [0.25, 0.3) is 0 Å². The van der Waals surface area contributed by atoms with Crippen molar-refractivity contribution in [1.29, 1.82) is 0 Å². The van der Waals surface area contributed by atoms with Crippen molar-refractivity contribution in [2.24, 2.45) is 5.92 Å². The smallest absolute Gasteiger partial charge is 0.246 e. The molecule has 2 atom stereocenters. The van der Waals surface area contributed by atoms with Crippen LogP contribution < -0.4 is 4.74 Å². The first-order valence-electron chi connectivity index (χ1n) is 8.52. The van der Waals surface area contributed by atoms with Gasteiger partial charge in [0.15, 0.2) is 0 Å². The summed E-state index contributed by atoms with van der Waals surface area (Å²) in [5.41, 5.74) is 0. The van der Waals surface area contributed by atoms with E-state index in [-0.39, 0.29) is 12.1 Å². The molecule has 1 aromatic rings. The molecule has 4 rings (SSSR count). The molecule has 0 bridgehead atoms. The summed E-state index contributed by atoms with van der Waals surface area (Å²) in [6.45, 7) is 3.11. The fourth-order valence-electron chi connectivity index (χ4n) is 3.77. The van der Waals surface area contributed by atoms with E-state index in [0.29, 0.717) is 10.6 Å². The maximum absolute atomic E-state index is 12.9. The van der Waals surface area contributed by atoms with Crippen molar-refractivity contribution in [2.75, 3.05) is 26.7 Å². The third-order valence-corrected chi connectivity index (χ3v) is 7.29. The molecule has 0 aromatic heterocycles. The van der Waals surface area contributed by atoms with Crippen molar-refractivity contribution in [2.45, 2.75) is 42.7 Å². The molecule has 5 nitrogen and oxygen atoms in total. The predicted octanol–water partition coefficient (Wildman–Crippen LogP) is 1.94. The molecule has 23 heavy (non-hydrogen) atoms. The van der Waals surface area contributed by atoms with Gasteiger partial charge in [-0.15, -0.1) is 0 Å². The molecular formula is C17H24N2O3S. The quantitative estimate of drug-likeness (QED) is 0.828. The lowest BCUT2D eigenvalue weighted by Crippen LogP contribution is -2.44. The Hall–Kier alpha value is -1.11. The fraction of sp³-hybridized carbons (Fsp3) is 0.647. The average Bonchev–Trinajstić information content (AvgIpc) is 3.36. The normalized spacial score (nSPS) is 31.3. The summed E-state index contributed by atoms with van der Waals surface area (Å²) in [5, 5.41) is 0. The zero-order valence-corrected chi connectivity index (χ0v) is 14.3. The van der Waals surface area contributed by atoms with E-state index in [1.54, 1.807) is 29.6 Å². The van der Waals surface area contributed by atoms with Crippen LogP contribution >= 0.6 is 0 Å². The second-order valence-electron chi connectivity index (χ2n) is 7.01. The highest BCUT2D eigenvalue weighted by atomic mass is 32.2. The summed E-state index contributed by atoms with van der Waals surface area (Å²) in [7, 11) is -1.78. The van der Waals surface area contributed by atoms with Crippen LogP contribution in [0.1, 0.15) is 25.7 Å². The minimum absolute atomic E-state index is 0.0670. The summed E-state index contributed by atoms with van der Waals surface area (Å²) in [5.74, 6) is 1.36. The number of hydrogen-bond donors (Lipinski definition) is 0. The van der Waals surface area contributed by atoms with E-state index < -0.39 is 10.0 Å². The van der Waals surface area contributed by atoms with E-state index >= 15 is 0 Å². The molecule has 2 fully saturated rings. The summed E-state index contributed by atoms with van der Waals surface area (Å²) in [6.07, 6.45) is 4.35. The second-order valence-corrected chi connectivity index (χ2v) is 8.98. The molecular weight excluding hydrogens is 312 g/mol. The molecule has 3 aliphatic rings. The Morgan fingerprint density at radius 3 is 2.65 bits per heavy atom. The molecule has 0 spiro atoms. The standard InChI is InChI=1S/C17H24N2O3S/c1-18-14-8-10-19(12-13-6-7-13)11-9-15(14)22-16-4-2-3-5-17(16)23(18,20)21/h2-5,13-15H,6-12H2,1H3/t14-,15-/m1/s1. The van der Waals surface area contributed by atoms with E-state index in [9.17, 15) is 8.42 Å². The average molecular weight is 336 g/mol. The lowest BCUT2D eigenvalue weighted by Gasteiger charge is -2.28. The monoisotopic (exact) mass is 336 g/mol. The van der Waals surface area contributed by atoms with Gasteiger partial charge in [0.05, 0.1) is 6.04 Å². The van der Waals surface area contributed by atoms with Crippen LogP contribution in [0, 0.1) is 5.92 Å². The molecule has 0 amide bonds. The number of likely N-dealkylation sites (N-methyl/N-ethyl adjacent to an activating group) is 1. The third-order valence-electron chi connectivity index (χ3n) is 5.36. The summed E-state index contributed by atoms with van der Waals surface area (Å²) in [6, 6.07) is 6.93. The zero-order chi connectivity index (χ0) is 16.0. The van der Waals surface area contributed by atoms with Crippen molar-refractivity contribution in [3.05, 3.63) is 24.3 Å². The van der Waals surface area contributed by atoms with Crippen LogP contribution in [0.3, 0.4) is 0 Å². The number of likely N-dealkylation sites (tertiary alicyclic amines) is 1. The Labute approximate surface area is 138 Å². The number of hydrogen-bond acceptors (Lipinski definition) is 4. The highest BCUT2D eigenvalue weighted by molar-refractivity contribution is 7.89. The van der Waals surface area contributed by atoms with Gasteiger partial charge in [-0.3, -0.25) is 0 Å². The topological polar surface area (TPSA) is 49.9 Å². The molecule has 2 heterocycles. The minimum atomic E-state index is -3.48. The first-order chi connectivity index (χ1) is 11.1. The van der Waals surface area contributed by atoms with Crippen LogP contribution in [0.5, 0.6) is 5.75 Å². The maximum Gasteiger partial charge on any atom is 0.246 e. The van der Waals surface area contributed by atoms with Gasteiger partial charge in [0.1, 0.15) is 16.7 Å². The molecule has 1 aromatic carbocycles. The first-order valence-corrected chi connectivity index (χ1v) is 9.96. The van der Waals surface area contributed by atoms with E-state index in [2.05, 4.69) is 4.90 Å². The van der Waals surface area contributed by atoms with E-state index in [4.69, 9.17) is 4.74 Å². The lowest BCUT2D eigenvalue weighted by atomic mass is 10.1. The Morgan fingerprint density at radius 2 is 1.87 bits per heavy atom. The number of sulfonamides is 1. The first kappa shape index (κ1) is 15.4. The molecule has 0 radical (unpaired) electrons. The molecule has 0 unspecified atom stereocenters. The van der Waals surface area contributed by atoms with E-state index in [0.717, 1.165) is 38.4 Å². The maximum atomic E-state index is 12.9. The number of nitrogens with zero attached hydrogens (tertiary/aromatic N) is 2. The van der Waals surface area contributed by atoms with Crippen LogP contribution in [0.25, 0.3) is 0 Å². The minimum Gasteiger partial charge on any atom is -0.487 e. The fourth-order valence-corrected chi connectivity index (χ4v) is 5.30. The predicted molar refractivity (Wildman–Crippen MR) is 88.0 cm³/mol. The van der Waals surface area contributed by atoms with Crippen LogP contribution in [0.2, 0.25) is 0 Å². The van der Waals surface area contributed by atoms with Crippen molar-refractivity contribution in [3.8, 4) is 5.75 Å². The molecule has 1 saturated carbocycles. The number of benzene rings is 1. The summed E-state index contributed by atoms with van der Waals surface area (Å²) < 4.78 is 33.5. The van der Waals surface area contributed by atoms with Crippen LogP contribution in [-0.2, 0) is 10.0 Å². The van der Waals surface area contributed by atoms with Gasteiger partial charge in [0, 0.05) is 20.1 Å². The molecule has 0 N–H and O–H groups in total. The van der Waals surface area contributed by atoms with Crippen molar-refractivity contribution in [1.82, 2.24) is 9.21 Å². The summed E-state index contributed by atoms with van der Waals surface area (Å²) in [4.78, 5) is 2.78. The highest BCUT2D eigenvalue weighted by Crippen LogP contribution is 2.36. The SMILES string of the molecule is CN1[C@@H]2CCN(CC3CC3)CC[C@H]2Oc2ccccc2S1(=O)=O. The Morgan fingerprint density at radius 1 is 1.13 bits per heavy atom. The van der Waals surface area contributed by atoms with Crippen molar-refractivity contribution in [3.63, 3.8) is 0 Å². The van der Waals surface area contributed by atoms with Gasteiger partial charge in [-0.05, 0) is 50.3 Å². The van der Waals surface area contributed by atoms with Gasteiger partial charge in [0.2, 0.25) is 10.0 Å². The number of ether oxygens (including phenoxy) is 1. The molecule has 126 valence electrons. The Bertz CT molecular complexity index is 687. The van der Waals surface area contributed by atoms with Gasteiger partial charge < -0.3 is 9.64 Å². The Kier molecular flexibility index (Phi) is 3.86. The second kappa shape index (κ2) is 5.76. The number of rotatable bonds is 2. The van der Waals surface area contributed by atoms with E-state index in [1.807, 2.05) is 6.07 Å². The summed E-state index contributed by atoms with van der Waals surface area (Å²) >= 11 is 0. The Balaban J connectivity index is 1.62. The van der Waals surface area contributed by atoms with Crippen LogP contribution in [-0.4, -0.2) is 56.5 Å². The molecule has 2 aliphatic heterocycles. The molecule has 6 heteroatoms. The van der Waals surface area contributed by atoms with Gasteiger partial charge in [-0.25, -0.2) is 8.42 Å². The number of fused-ring (bicyclic) bond motifs is 2. The zero-order valence-electron chi connectivity index (χ0n) is 13.5. The molecule has 1 aliphatic carbocycles. The number of para-hydroxylation sites is 1. The van der Waals surface area contributed by atoms with Gasteiger partial charge >= 0.3 is 0 Å². The largest absolute Gasteiger partial charge is 0.487 e. The van der Waals surface area contributed by atoms with Crippen molar-refractivity contribution < 1.29 is 13.2 Å². The van der Waals surface area contributed by atoms with Crippen LogP contribution in [0.15, 0.2) is 29.2 Å². The van der Waals surface area contributed by atoms with Crippen LogP contribution in [0.4, 0.5) is 0 Å². The van der Waals surface area contributed by atoms with Crippen molar-refractivity contribution >= 4 is 10.0 Å². The highest BCUT2D eigenvalue weighted by Gasteiger charge is 2.41. The molecule has 1 saturated heterocycles.